The van der Waals surface area contributed by atoms with Crippen molar-refractivity contribution in [2.24, 2.45) is 23.7 Å². The minimum Gasteiger partial charge on any atom is -0.379 e. The summed E-state index contributed by atoms with van der Waals surface area (Å²) in [5.74, 6) is 0.516. The summed E-state index contributed by atoms with van der Waals surface area (Å²) in [7, 11) is 1.75. The van der Waals surface area contributed by atoms with Gasteiger partial charge in [-0.2, -0.15) is 0 Å². The molecule has 1 saturated carbocycles. The monoisotopic (exact) mass is 373 g/mol. The van der Waals surface area contributed by atoms with Gasteiger partial charge in [0.1, 0.15) is 11.5 Å². The molecular formula is C18H20FN5OS. The number of nitrogens with one attached hydrogen (secondary N) is 1. The molecule has 6 nitrogen and oxygen atoms in total. The second-order valence-corrected chi connectivity index (χ2v) is 7.85. The minimum absolute atomic E-state index is 0.261. The van der Waals surface area contributed by atoms with Gasteiger partial charge in [0, 0.05) is 24.1 Å². The molecule has 2 aliphatic rings. The van der Waals surface area contributed by atoms with Crippen LogP contribution in [-0.2, 0) is 12.6 Å². The number of nitrogens with zero attached hydrogens (tertiary/aromatic N) is 3. The third kappa shape index (κ3) is 2.78. The van der Waals surface area contributed by atoms with Crippen molar-refractivity contribution in [1.82, 2.24) is 9.55 Å². The molecule has 136 valence electrons. The first kappa shape index (κ1) is 17.1. The number of hydrogen-bond donors (Lipinski definition) is 2. The summed E-state index contributed by atoms with van der Waals surface area (Å²) < 4.78 is 16.4. The Bertz CT molecular complexity index is 895. The topological polar surface area (TPSA) is 85.3 Å². The number of carbonyl (C=O) groups is 1. The number of aromatic nitrogens is 2. The fourth-order valence-corrected chi connectivity index (χ4v) is 5.01. The van der Waals surface area contributed by atoms with Gasteiger partial charge in [-0.05, 0) is 37.0 Å². The SMILES string of the molecule is Cn1cncc1C(=O)Nc1ccc(F)c(C23CCCC2CSC(N)=N3)c1. The van der Waals surface area contributed by atoms with E-state index in [9.17, 15) is 9.18 Å². The van der Waals surface area contributed by atoms with Gasteiger partial charge in [-0.3, -0.25) is 9.79 Å². The molecule has 1 amide bonds. The Balaban J connectivity index is 1.70. The molecule has 0 radical (unpaired) electrons. The highest BCUT2D eigenvalue weighted by atomic mass is 32.2. The van der Waals surface area contributed by atoms with Gasteiger partial charge in [0.05, 0.1) is 18.1 Å². The number of thioether (sulfide) groups is 1. The third-order valence-corrected chi connectivity index (χ3v) is 6.22. The first-order chi connectivity index (χ1) is 12.5. The molecule has 4 rings (SSSR count). The summed E-state index contributed by atoms with van der Waals surface area (Å²) in [5, 5.41) is 3.33. The van der Waals surface area contributed by atoms with E-state index >= 15 is 0 Å². The van der Waals surface area contributed by atoms with E-state index in [2.05, 4.69) is 15.3 Å². The molecule has 1 aliphatic heterocycles. The van der Waals surface area contributed by atoms with Crippen LogP contribution in [0.15, 0.2) is 35.7 Å². The van der Waals surface area contributed by atoms with Crippen LogP contribution in [0, 0.1) is 11.7 Å². The smallest absolute Gasteiger partial charge is 0.273 e. The summed E-state index contributed by atoms with van der Waals surface area (Å²) >= 11 is 1.53. The molecule has 3 N–H and O–H groups in total. The van der Waals surface area contributed by atoms with Crippen LogP contribution in [0.25, 0.3) is 0 Å². The van der Waals surface area contributed by atoms with Crippen LogP contribution >= 0.6 is 11.8 Å². The van der Waals surface area contributed by atoms with E-state index in [1.807, 2.05) is 0 Å². The number of amidine groups is 1. The zero-order chi connectivity index (χ0) is 18.3. The quantitative estimate of drug-likeness (QED) is 0.866. The summed E-state index contributed by atoms with van der Waals surface area (Å²) in [5.41, 5.74) is 6.85. The van der Waals surface area contributed by atoms with Gasteiger partial charge in [0.15, 0.2) is 5.17 Å². The fraction of sp³-hybridized carbons (Fsp3) is 0.389. The zero-order valence-electron chi connectivity index (χ0n) is 14.4. The van der Waals surface area contributed by atoms with E-state index in [0.29, 0.717) is 22.1 Å². The maximum atomic E-state index is 14.7. The number of aliphatic imine (C=N–C) groups is 1. The van der Waals surface area contributed by atoms with Crippen molar-refractivity contribution in [3.63, 3.8) is 0 Å². The highest BCUT2D eigenvalue weighted by Crippen LogP contribution is 2.51. The van der Waals surface area contributed by atoms with Gasteiger partial charge in [0.25, 0.3) is 5.91 Å². The van der Waals surface area contributed by atoms with Crippen LogP contribution in [0.2, 0.25) is 0 Å². The summed E-state index contributed by atoms with van der Waals surface area (Å²) in [6, 6.07) is 4.67. The van der Waals surface area contributed by atoms with Gasteiger partial charge < -0.3 is 15.6 Å². The van der Waals surface area contributed by atoms with Gasteiger partial charge in [-0.25, -0.2) is 9.37 Å². The molecule has 1 aromatic carbocycles. The lowest BCUT2D eigenvalue weighted by Crippen LogP contribution is -2.37. The van der Waals surface area contributed by atoms with E-state index in [-0.39, 0.29) is 17.6 Å². The van der Waals surface area contributed by atoms with Crippen LogP contribution < -0.4 is 11.1 Å². The van der Waals surface area contributed by atoms with Crippen molar-refractivity contribution in [3.8, 4) is 0 Å². The summed E-state index contributed by atoms with van der Waals surface area (Å²) in [6.07, 6.45) is 5.83. The van der Waals surface area contributed by atoms with Gasteiger partial charge in [-0.15, -0.1) is 0 Å². The number of imidazole rings is 1. The van der Waals surface area contributed by atoms with Crippen LogP contribution in [0.5, 0.6) is 0 Å². The predicted octanol–water partition coefficient (Wildman–Crippen LogP) is 2.87. The molecule has 1 aromatic heterocycles. The number of halogens is 1. The van der Waals surface area contributed by atoms with Crippen molar-refractivity contribution >= 4 is 28.5 Å². The van der Waals surface area contributed by atoms with E-state index in [1.54, 1.807) is 30.1 Å². The number of amides is 1. The second kappa shape index (κ2) is 6.42. The van der Waals surface area contributed by atoms with E-state index < -0.39 is 5.54 Å². The number of carbonyl (C=O) groups excluding carboxylic acids is 1. The van der Waals surface area contributed by atoms with Crippen LogP contribution in [0.4, 0.5) is 10.1 Å². The van der Waals surface area contributed by atoms with Crippen molar-refractivity contribution in [2.45, 2.75) is 24.8 Å². The molecule has 2 atom stereocenters. The maximum Gasteiger partial charge on any atom is 0.273 e. The Hall–Kier alpha value is -2.35. The maximum absolute atomic E-state index is 14.7. The number of hydrogen-bond acceptors (Lipinski definition) is 5. The van der Waals surface area contributed by atoms with Gasteiger partial charge in [-0.1, -0.05) is 18.2 Å². The average molecular weight is 373 g/mol. The number of anilines is 1. The molecule has 1 fully saturated rings. The Morgan fingerprint density at radius 2 is 2.35 bits per heavy atom. The largest absolute Gasteiger partial charge is 0.379 e. The lowest BCUT2D eigenvalue weighted by atomic mass is 9.81. The molecule has 1 aliphatic carbocycles. The highest BCUT2D eigenvalue weighted by Gasteiger charge is 2.48. The van der Waals surface area contributed by atoms with Gasteiger partial charge >= 0.3 is 0 Å². The first-order valence-corrected chi connectivity index (χ1v) is 9.54. The molecule has 8 heteroatoms. The Kier molecular flexibility index (Phi) is 4.22. The number of benzene rings is 1. The standard InChI is InChI=1S/C18H20FN5OS/c1-24-10-21-8-15(24)16(25)22-12-4-5-14(19)13(7-12)18-6-2-3-11(18)9-26-17(20)23-18/h4-5,7-8,10-11H,2-3,6,9H2,1H3,(H2,20,23)(H,22,25). The van der Waals surface area contributed by atoms with Crippen molar-refractivity contribution < 1.29 is 9.18 Å². The number of nitrogens with two attached hydrogens (primary N) is 1. The van der Waals surface area contributed by atoms with Crippen molar-refractivity contribution in [2.75, 3.05) is 11.1 Å². The van der Waals surface area contributed by atoms with Crippen LogP contribution in [0.3, 0.4) is 0 Å². The molecule has 2 unspecified atom stereocenters. The van der Waals surface area contributed by atoms with E-state index in [4.69, 9.17) is 5.73 Å². The van der Waals surface area contributed by atoms with Crippen molar-refractivity contribution in [1.29, 1.82) is 0 Å². The minimum atomic E-state index is -0.618. The predicted molar refractivity (Wildman–Crippen MR) is 101 cm³/mol. The molecule has 0 spiro atoms. The second-order valence-electron chi connectivity index (χ2n) is 6.81. The Morgan fingerprint density at radius 3 is 3.12 bits per heavy atom. The lowest BCUT2D eigenvalue weighted by molar-refractivity contribution is 0.101. The number of aryl methyl sites for hydroxylation is 1. The summed E-state index contributed by atoms with van der Waals surface area (Å²) in [6.45, 7) is 0. The van der Waals surface area contributed by atoms with Crippen molar-refractivity contribution in [3.05, 3.63) is 47.8 Å². The molecule has 0 saturated heterocycles. The van der Waals surface area contributed by atoms with Crippen LogP contribution in [0.1, 0.15) is 35.3 Å². The molecule has 2 heterocycles. The van der Waals surface area contributed by atoms with Crippen LogP contribution in [-0.4, -0.2) is 26.4 Å². The third-order valence-electron chi connectivity index (χ3n) is 5.27. The Morgan fingerprint density at radius 1 is 1.50 bits per heavy atom. The molecule has 2 aromatic rings. The first-order valence-electron chi connectivity index (χ1n) is 8.55. The van der Waals surface area contributed by atoms with E-state index in [1.165, 1.54) is 24.0 Å². The zero-order valence-corrected chi connectivity index (χ0v) is 15.2. The van der Waals surface area contributed by atoms with E-state index in [0.717, 1.165) is 25.0 Å². The number of fused-ring (bicyclic) bond motifs is 1. The average Bonchev–Trinajstić information content (AvgIpc) is 3.22. The normalized spacial score (nSPS) is 24.8. The molecular weight excluding hydrogens is 353 g/mol. The molecule has 0 bridgehead atoms. The lowest BCUT2D eigenvalue weighted by Gasteiger charge is -2.36. The Labute approximate surface area is 155 Å². The molecule has 26 heavy (non-hydrogen) atoms. The number of rotatable bonds is 3. The fourth-order valence-electron chi connectivity index (χ4n) is 3.96. The highest BCUT2D eigenvalue weighted by molar-refractivity contribution is 8.13. The summed E-state index contributed by atoms with van der Waals surface area (Å²) in [4.78, 5) is 21.1. The van der Waals surface area contributed by atoms with Gasteiger partial charge in [0.2, 0.25) is 0 Å².